The quantitative estimate of drug-likeness (QED) is 0.402. The zero-order chi connectivity index (χ0) is 4.41. The van der Waals surface area contributed by atoms with Crippen LogP contribution in [0.1, 0.15) is 0 Å². The van der Waals surface area contributed by atoms with Crippen LogP contribution in [-0.4, -0.2) is 23.1 Å². The molecule has 0 atom stereocenters. The molecule has 0 aliphatic rings. The fourth-order valence-electron chi connectivity index (χ4n) is 0.218. The topological polar surface area (TPSA) is 13.1 Å². The maximum Gasteiger partial charge on any atom is 2.00 e. The smallest absolute Gasteiger partial charge is 1.00 e. The molecule has 0 radical (unpaired) electrons. The third-order valence-corrected chi connectivity index (χ3v) is 0.865. The second-order valence-electron chi connectivity index (χ2n) is 0.871. The Balaban J connectivity index is 0. The van der Waals surface area contributed by atoms with Crippen molar-refractivity contribution in [2.75, 3.05) is 0 Å². The Morgan fingerprint density at radius 2 is 2.25 bits per heavy atom. The average molecular weight is 250 g/mol. The summed E-state index contributed by atoms with van der Waals surface area (Å²) in [6, 6.07) is 1.78. The summed E-state index contributed by atoms with van der Waals surface area (Å²) in [4.78, 5) is 0. The molecule has 40 valence electrons. The van der Waals surface area contributed by atoms with E-state index in [9.17, 15) is 0 Å². The molecule has 0 fully saturated rings. The fourth-order valence-corrected chi connectivity index (χ4v) is 0.419. The van der Waals surface area contributed by atoms with Crippen molar-refractivity contribution in [3.05, 3.63) is 23.1 Å². The minimum atomic E-state index is 0. The van der Waals surface area contributed by atoms with Gasteiger partial charge in [-0.1, -0.05) is 26.7 Å². The molecule has 0 aliphatic carbocycles. The third kappa shape index (κ3) is 3.94. The summed E-state index contributed by atoms with van der Waals surface area (Å²) < 4.78 is 5.41. The van der Waals surface area contributed by atoms with Crippen LogP contribution in [0.2, 0.25) is 0 Å². The van der Waals surface area contributed by atoms with Gasteiger partial charge in [-0.15, -0.1) is 0 Å². The average Bonchev–Trinajstić information content (AvgIpc) is 1.86. The van der Waals surface area contributed by atoms with Crippen molar-refractivity contribution in [3.8, 4) is 0 Å². The van der Waals surface area contributed by atoms with Crippen molar-refractivity contribution in [2.24, 2.45) is 0 Å². The summed E-state index contributed by atoms with van der Waals surface area (Å²) >= 11 is 3.13. The van der Waals surface area contributed by atoms with Gasteiger partial charge in [-0.2, -0.15) is 6.07 Å². The van der Waals surface area contributed by atoms with Gasteiger partial charge in [0, 0.05) is 6.26 Å². The molecule has 1 nitrogen and oxygen atoms in total. The van der Waals surface area contributed by atoms with Crippen molar-refractivity contribution >= 4 is 39.0 Å². The first-order valence-corrected chi connectivity index (χ1v) is 2.29. The van der Waals surface area contributed by atoms with Crippen LogP contribution < -0.4 is 17.0 Å². The van der Waals surface area contributed by atoms with Gasteiger partial charge in [-0.3, -0.25) is 0 Å². The molecule has 0 saturated heterocycles. The molecule has 1 rings (SSSR count). The van der Waals surface area contributed by atoms with Crippen LogP contribution in [0.15, 0.2) is 21.2 Å². The minimum Gasteiger partial charge on any atom is -1.00 e. The van der Waals surface area contributed by atoms with Gasteiger partial charge in [0.05, 0.1) is 0 Å². The molecular weight excluding hydrogens is 248 g/mol. The van der Waals surface area contributed by atoms with E-state index in [0.29, 0.717) is 0 Å². The molecule has 0 aliphatic heterocycles. The maximum absolute atomic E-state index is 4.54. The molecule has 0 saturated carbocycles. The van der Waals surface area contributed by atoms with Crippen molar-refractivity contribution in [3.63, 3.8) is 0 Å². The molecule has 0 aromatic carbocycles. The van der Waals surface area contributed by atoms with Gasteiger partial charge in [-0.05, 0) is 0 Å². The summed E-state index contributed by atoms with van der Waals surface area (Å²) in [5.74, 6) is 0. The summed E-state index contributed by atoms with van der Waals surface area (Å²) in [5.41, 5.74) is 0. The number of rotatable bonds is 0. The molecule has 1 aromatic rings. The molecule has 0 unspecified atom stereocenters. The van der Waals surface area contributed by atoms with Gasteiger partial charge in [0.1, 0.15) is 0 Å². The third-order valence-electron chi connectivity index (χ3n) is 0.439. The Labute approximate surface area is 82.9 Å². The van der Waals surface area contributed by atoms with Crippen LogP contribution in [0.25, 0.3) is 0 Å². The maximum atomic E-state index is 4.54. The predicted molar refractivity (Wildman–Crippen MR) is 31.0 cm³/mol. The molecule has 0 spiro atoms. The van der Waals surface area contributed by atoms with Crippen LogP contribution in [0.5, 0.6) is 0 Å². The normalized spacial score (nSPS) is 6.62. The van der Waals surface area contributed by atoms with Gasteiger partial charge in [-0.25, -0.2) is 0 Å². The molecule has 1 aromatic heterocycles. The predicted octanol–water partition coefficient (Wildman–Crippen LogP) is -1.53. The Bertz CT molecular complexity index is 118. The summed E-state index contributed by atoms with van der Waals surface area (Å²) in [5, 5.41) is 0. The van der Waals surface area contributed by atoms with Gasteiger partial charge in [0.15, 0.2) is 0 Å². The fraction of sp³-hybridized carbons (Fsp3) is 0. The molecular formula is C4H2Br2MgO. The van der Waals surface area contributed by atoms with E-state index >= 15 is 0 Å². The molecule has 1 heterocycles. The SMILES string of the molecule is Brc1[c-]occ1.[Br-].[Mg+2]. The molecule has 4 heteroatoms. The van der Waals surface area contributed by atoms with E-state index in [4.69, 9.17) is 0 Å². The van der Waals surface area contributed by atoms with Crippen LogP contribution in [0.3, 0.4) is 0 Å². The number of furan rings is 1. The van der Waals surface area contributed by atoms with Crippen LogP contribution in [0.4, 0.5) is 0 Å². The van der Waals surface area contributed by atoms with Crippen LogP contribution >= 0.6 is 15.9 Å². The zero-order valence-corrected chi connectivity index (χ0v) is 8.61. The van der Waals surface area contributed by atoms with Crippen LogP contribution in [0, 0.1) is 6.26 Å². The van der Waals surface area contributed by atoms with Crippen molar-refractivity contribution in [2.45, 2.75) is 0 Å². The van der Waals surface area contributed by atoms with E-state index in [-0.39, 0.29) is 40.0 Å². The Morgan fingerprint density at radius 1 is 1.62 bits per heavy atom. The van der Waals surface area contributed by atoms with Crippen molar-refractivity contribution < 1.29 is 21.4 Å². The second-order valence-corrected chi connectivity index (χ2v) is 1.72. The number of hydrogen-bond acceptors (Lipinski definition) is 1. The van der Waals surface area contributed by atoms with E-state index in [2.05, 4.69) is 26.6 Å². The van der Waals surface area contributed by atoms with E-state index in [0.717, 1.165) is 4.47 Å². The minimum absolute atomic E-state index is 0. The van der Waals surface area contributed by atoms with Crippen molar-refractivity contribution in [1.29, 1.82) is 0 Å². The van der Waals surface area contributed by atoms with Gasteiger partial charge >= 0.3 is 23.1 Å². The number of hydrogen-bond donors (Lipinski definition) is 0. The van der Waals surface area contributed by atoms with Gasteiger partial charge in [0.25, 0.3) is 0 Å². The molecule has 0 bridgehead atoms. The summed E-state index contributed by atoms with van der Waals surface area (Å²) in [6.07, 6.45) is 4.10. The molecule has 0 N–H and O–H groups in total. The van der Waals surface area contributed by atoms with Gasteiger partial charge in [0.2, 0.25) is 0 Å². The van der Waals surface area contributed by atoms with E-state index < -0.39 is 0 Å². The monoisotopic (exact) mass is 248 g/mol. The first-order valence-electron chi connectivity index (χ1n) is 1.50. The Morgan fingerprint density at radius 3 is 2.38 bits per heavy atom. The van der Waals surface area contributed by atoms with Gasteiger partial charge < -0.3 is 21.4 Å². The van der Waals surface area contributed by atoms with E-state index in [1.54, 1.807) is 12.3 Å². The largest absolute Gasteiger partial charge is 2.00 e. The first kappa shape index (κ1) is 11.8. The van der Waals surface area contributed by atoms with E-state index in [1.165, 1.54) is 0 Å². The molecule has 0 amide bonds. The van der Waals surface area contributed by atoms with Crippen molar-refractivity contribution in [1.82, 2.24) is 0 Å². The first-order chi connectivity index (χ1) is 2.89. The summed E-state index contributed by atoms with van der Waals surface area (Å²) in [7, 11) is 0. The zero-order valence-electron chi connectivity index (χ0n) is 4.03. The summed E-state index contributed by atoms with van der Waals surface area (Å²) in [6.45, 7) is 0. The standard InChI is InChI=1S/C4H2BrO.BrH.Mg/c5-4-1-2-6-3-4;;/h1-2H;1H;/q-1;;+2/p-1. The second kappa shape index (κ2) is 6.13. The Hall–Kier alpha value is 1.01. The Kier molecular flexibility index (Phi) is 9.01. The molecule has 8 heavy (non-hydrogen) atoms. The van der Waals surface area contributed by atoms with E-state index in [1.807, 2.05) is 0 Å². The number of halogens is 2. The van der Waals surface area contributed by atoms with Crippen LogP contribution in [-0.2, 0) is 0 Å².